The van der Waals surface area contributed by atoms with Crippen LogP contribution in [0.1, 0.15) is 45.0 Å². The average Bonchev–Trinajstić information content (AvgIpc) is 3.04. The van der Waals surface area contributed by atoms with Crippen LogP contribution in [0.2, 0.25) is 0 Å². The number of hydrogen-bond acceptors (Lipinski definition) is 4. The molecular weight excluding hydrogens is 318 g/mol. The number of imidazole rings is 1. The lowest BCUT2D eigenvalue weighted by molar-refractivity contribution is -0.130. The second-order valence-corrected chi connectivity index (χ2v) is 6.44. The average molecular weight is 341 g/mol. The Hall–Kier alpha value is -2.70. The number of hydrazone groups is 1. The molecule has 1 aliphatic heterocycles. The summed E-state index contributed by atoms with van der Waals surface area (Å²) in [5.41, 5.74) is 2.20. The summed E-state index contributed by atoms with van der Waals surface area (Å²) in [5, 5.41) is 8.38. The summed E-state index contributed by atoms with van der Waals surface area (Å²) in [4.78, 5) is 32.1. The first-order chi connectivity index (χ1) is 12.0. The van der Waals surface area contributed by atoms with Crippen LogP contribution >= 0.6 is 0 Å². The van der Waals surface area contributed by atoms with Crippen LogP contribution in [-0.2, 0) is 9.59 Å². The van der Waals surface area contributed by atoms with Gasteiger partial charge in [0, 0.05) is 19.9 Å². The van der Waals surface area contributed by atoms with Crippen LogP contribution in [0.4, 0.5) is 0 Å². The lowest BCUT2D eigenvalue weighted by Crippen LogP contribution is -2.41. The minimum Gasteiger partial charge on any atom is -0.341 e. The second kappa shape index (κ2) is 7.04. The van der Waals surface area contributed by atoms with Gasteiger partial charge in [0.2, 0.25) is 5.91 Å². The van der Waals surface area contributed by atoms with Crippen molar-refractivity contribution in [3.63, 3.8) is 0 Å². The number of nitrogens with zero attached hydrogens (tertiary/aromatic N) is 3. The zero-order chi connectivity index (χ0) is 18.0. The number of aromatic nitrogens is 2. The van der Waals surface area contributed by atoms with E-state index in [2.05, 4.69) is 34.2 Å². The van der Waals surface area contributed by atoms with Gasteiger partial charge in [-0.2, -0.15) is 5.10 Å². The molecule has 2 heterocycles. The van der Waals surface area contributed by atoms with Crippen LogP contribution in [0.15, 0.2) is 29.4 Å². The van der Waals surface area contributed by atoms with E-state index in [1.54, 1.807) is 7.05 Å². The van der Waals surface area contributed by atoms with E-state index in [-0.39, 0.29) is 23.8 Å². The highest BCUT2D eigenvalue weighted by molar-refractivity contribution is 6.39. The Morgan fingerprint density at radius 1 is 1.36 bits per heavy atom. The molecule has 0 radical (unpaired) electrons. The Labute approximate surface area is 146 Å². The number of benzene rings is 1. The molecule has 0 spiro atoms. The molecule has 0 saturated heterocycles. The molecule has 2 aromatic rings. The fourth-order valence-corrected chi connectivity index (χ4v) is 2.89. The minimum atomic E-state index is -0.245. The number of aromatic amines is 1. The molecule has 0 bridgehead atoms. The number of H-pyrrole nitrogens is 1. The lowest BCUT2D eigenvalue weighted by Gasteiger charge is -2.24. The number of hydrogen-bond donors (Lipinski definition) is 2. The van der Waals surface area contributed by atoms with Gasteiger partial charge < -0.3 is 10.3 Å². The molecule has 25 heavy (non-hydrogen) atoms. The van der Waals surface area contributed by atoms with E-state index < -0.39 is 0 Å². The molecule has 0 aliphatic carbocycles. The van der Waals surface area contributed by atoms with Crippen molar-refractivity contribution in [3.8, 4) is 0 Å². The molecule has 7 nitrogen and oxygen atoms in total. The maximum Gasteiger partial charge on any atom is 0.268 e. The first-order valence-electron chi connectivity index (χ1n) is 8.59. The molecular formula is C18H23N5O2. The third-order valence-electron chi connectivity index (χ3n) is 4.67. The first-order valence-corrected chi connectivity index (χ1v) is 8.59. The van der Waals surface area contributed by atoms with Crippen molar-refractivity contribution < 1.29 is 9.59 Å². The van der Waals surface area contributed by atoms with Gasteiger partial charge in [0.15, 0.2) is 0 Å². The number of carbonyl (C=O) groups is 2. The molecule has 1 aromatic carbocycles. The van der Waals surface area contributed by atoms with Crippen molar-refractivity contribution in [2.75, 3.05) is 7.05 Å². The number of carbonyl (C=O) groups excluding carboxylic acids is 2. The van der Waals surface area contributed by atoms with Crippen LogP contribution in [-0.4, -0.2) is 39.6 Å². The summed E-state index contributed by atoms with van der Waals surface area (Å²) in [6.45, 7) is 4.16. The molecule has 2 N–H and O–H groups in total. The number of amides is 2. The van der Waals surface area contributed by atoms with Crippen LogP contribution in [0.25, 0.3) is 11.0 Å². The van der Waals surface area contributed by atoms with Gasteiger partial charge in [-0.3, -0.25) is 9.59 Å². The Morgan fingerprint density at radius 3 is 2.80 bits per heavy atom. The standard InChI is InChI=1S/C18H23N5O2/c1-4-11(2)16(17-19-12-7-5-6-8-13(12)20-17)21-18(25)14-9-10-15(24)23(3)22-14/h5-8,11,16H,4,9-10H2,1-3H3,(H,19,20)(H,21,25). The third-order valence-corrected chi connectivity index (χ3v) is 4.67. The smallest absolute Gasteiger partial charge is 0.268 e. The maximum absolute atomic E-state index is 12.6. The minimum absolute atomic E-state index is 0.0766. The van der Waals surface area contributed by atoms with Gasteiger partial charge in [0.25, 0.3) is 5.91 Å². The zero-order valence-corrected chi connectivity index (χ0v) is 14.7. The predicted octanol–water partition coefficient (Wildman–Crippen LogP) is 2.37. The van der Waals surface area contributed by atoms with E-state index in [0.29, 0.717) is 18.6 Å². The van der Waals surface area contributed by atoms with Crippen LogP contribution in [0.3, 0.4) is 0 Å². The Morgan fingerprint density at radius 2 is 2.12 bits per heavy atom. The highest BCUT2D eigenvalue weighted by Crippen LogP contribution is 2.25. The number of nitrogens with one attached hydrogen (secondary N) is 2. The quantitative estimate of drug-likeness (QED) is 0.875. The molecule has 1 aliphatic rings. The SMILES string of the molecule is CCC(C)C(NC(=O)C1=NN(C)C(=O)CC1)c1nc2ccccc2[nH]1. The summed E-state index contributed by atoms with van der Waals surface area (Å²) in [6.07, 6.45) is 1.57. The Kier molecular flexibility index (Phi) is 4.83. The van der Waals surface area contributed by atoms with Gasteiger partial charge in [0.05, 0.1) is 17.1 Å². The molecule has 2 atom stereocenters. The van der Waals surface area contributed by atoms with E-state index in [1.165, 1.54) is 5.01 Å². The van der Waals surface area contributed by atoms with Crippen LogP contribution in [0.5, 0.6) is 0 Å². The van der Waals surface area contributed by atoms with Crippen molar-refractivity contribution in [2.45, 2.75) is 39.2 Å². The van der Waals surface area contributed by atoms with Crippen molar-refractivity contribution in [1.82, 2.24) is 20.3 Å². The van der Waals surface area contributed by atoms with Crippen molar-refractivity contribution in [3.05, 3.63) is 30.1 Å². The van der Waals surface area contributed by atoms with Crippen LogP contribution < -0.4 is 5.32 Å². The Bertz CT molecular complexity index is 793. The summed E-state index contributed by atoms with van der Waals surface area (Å²) in [6, 6.07) is 7.55. The van der Waals surface area contributed by atoms with Gasteiger partial charge in [-0.25, -0.2) is 9.99 Å². The summed E-state index contributed by atoms with van der Waals surface area (Å²) in [5.74, 6) is 0.621. The predicted molar refractivity (Wildman–Crippen MR) is 95.9 cm³/mol. The van der Waals surface area contributed by atoms with E-state index in [1.807, 2.05) is 24.3 Å². The zero-order valence-electron chi connectivity index (χ0n) is 14.7. The fourth-order valence-electron chi connectivity index (χ4n) is 2.89. The largest absolute Gasteiger partial charge is 0.341 e. The third kappa shape index (κ3) is 3.55. The molecule has 0 saturated carbocycles. The van der Waals surface area contributed by atoms with Crippen molar-refractivity contribution >= 4 is 28.6 Å². The molecule has 3 rings (SSSR count). The molecule has 132 valence electrons. The van der Waals surface area contributed by atoms with Gasteiger partial charge in [-0.1, -0.05) is 32.4 Å². The normalized spacial score (nSPS) is 17.3. The highest BCUT2D eigenvalue weighted by Gasteiger charge is 2.28. The highest BCUT2D eigenvalue weighted by atomic mass is 16.2. The molecule has 7 heteroatoms. The topological polar surface area (TPSA) is 90.4 Å². The van der Waals surface area contributed by atoms with E-state index >= 15 is 0 Å². The van der Waals surface area contributed by atoms with E-state index in [4.69, 9.17) is 0 Å². The Balaban J connectivity index is 1.85. The van der Waals surface area contributed by atoms with Gasteiger partial charge >= 0.3 is 0 Å². The molecule has 1 aromatic heterocycles. The van der Waals surface area contributed by atoms with Crippen molar-refractivity contribution in [1.29, 1.82) is 0 Å². The first kappa shape index (κ1) is 17.1. The molecule has 2 amide bonds. The molecule has 2 unspecified atom stereocenters. The number of rotatable bonds is 5. The number of para-hydroxylation sites is 2. The summed E-state index contributed by atoms with van der Waals surface area (Å²) < 4.78 is 0. The second-order valence-electron chi connectivity index (χ2n) is 6.44. The molecule has 0 fully saturated rings. The van der Waals surface area contributed by atoms with E-state index in [0.717, 1.165) is 23.3 Å². The lowest BCUT2D eigenvalue weighted by atomic mass is 9.98. The number of fused-ring (bicyclic) bond motifs is 1. The van der Waals surface area contributed by atoms with E-state index in [9.17, 15) is 9.59 Å². The van der Waals surface area contributed by atoms with Crippen LogP contribution in [0, 0.1) is 5.92 Å². The van der Waals surface area contributed by atoms with Crippen molar-refractivity contribution in [2.24, 2.45) is 11.0 Å². The van der Waals surface area contributed by atoms with Gasteiger partial charge in [-0.15, -0.1) is 0 Å². The summed E-state index contributed by atoms with van der Waals surface area (Å²) >= 11 is 0. The maximum atomic E-state index is 12.6. The fraction of sp³-hybridized carbons (Fsp3) is 0.444. The monoisotopic (exact) mass is 341 g/mol. The van der Waals surface area contributed by atoms with Gasteiger partial charge in [-0.05, 0) is 18.1 Å². The summed E-state index contributed by atoms with van der Waals surface area (Å²) in [7, 11) is 1.57. The van der Waals surface area contributed by atoms with Gasteiger partial charge in [0.1, 0.15) is 11.5 Å².